The Bertz CT molecular complexity index is 452. The molecule has 2 amide bonds. The number of primary amides is 1. The molecule has 19 heavy (non-hydrogen) atoms. The number of hydrogen-bond donors (Lipinski definition) is 2. The number of carbonyl (C=O) groups is 1. The third-order valence-electron chi connectivity index (χ3n) is 2.88. The predicted octanol–water partition coefficient (Wildman–Crippen LogP) is 0.432. The minimum atomic E-state index is -4.43. The molecule has 3 N–H and O–H groups in total. The molecule has 0 bridgehead atoms. The fourth-order valence-corrected chi connectivity index (χ4v) is 1.93. The molecule has 0 radical (unpaired) electrons. The summed E-state index contributed by atoms with van der Waals surface area (Å²) in [6.07, 6.45) is -1.52. The van der Waals surface area contributed by atoms with Crippen molar-refractivity contribution in [2.45, 2.75) is 18.3 Å². The number of alkyl halides is 3. The van der Waals surface area contributed by atoms with E-state index in [1.165, 1.54) is 12.4 Å². The molecule has 0 spiro atoms. The molecular formula is C10H12F3N5O. The molecule has 1 fully saturated rings. The summed E-state index contributed by atoms with van der Waals surface area (Å²) in [6.45, 7) is -0.654. The molecule has 0 aromatic carbocycles. The summed E-state index contributed by atoms with van der Waals surface area (Å²) in [4.78, 5) is 20.1. The van der Waals surface area contributed by atoms with Gasteiger partial charge in [-0.25, -0.2) is 14.8 Å². The molecule has 1 aliphatic rings. The Morgan fingerprint density at radius 1 is 1.42 bits per heavy atom. The Kier molecular flexibility index (Phi) is 3.56. The van der Waals surface area contributed by atoms with Crippen LogP contribution in [0.15, 0.2) is 18.5 Å². The van der Waals surface area contributed by atoms with E-state index < -0.39 is 30.8 Å². The van der Waals surface area contributed by atoms with E-state index >= 15 is 0 Å². The first-order valence-electron chi connectivity index (χ1n) is 5.52. The van der Waals surface area contributed by atoms with Crippen molar-refractivity contribution < 1.29 is 18.0 Å². The van der Waals surface area contributed by atoms with Gasteiger partial charge in [-0.2, -0.15) is 13.2 Å². The molecule has 104 valence electrons. The van der Waals surface area contributed by atoms with Crippen molar-refractivity contribution in [3.8, 4) is 0 Å². The second-order valence-corrected chi connectivity index (χ2v) is 4.12. The van der Waals surface area contributed by atoms with Gasteiger partial charge in [0.05, 0.1) is 0 Å². The van der Waals surface area contributed by atoms with Crippen LogP contribution < -0.4 is 11.1 Å². The molecule has 2 rings (SSSR count). The maximum Gasteiger partial charge on any atom is 0.405 e. The number of urea groups is 1. The monoisotopic (exact) mass is 275 g/mol. The van der Waals surface area contributed by atoms with Gasteiger partial charge in [0.15, 0.2) is 5.82 Å². The van der Waals surface area contributed by atoms with Gasteiger partial charge in [-0.3, -0.25) is 0 Å². The molecule has 1 saturated heterocycles. The second-order valence-electron chi connectivity index (χ2n) is 4.12. The van der Waals surface area contributed by atoms with E-state index in [4.69, 9.17) is 5.73 Å². The fourth-order valence-electron chi connectivity index (χ4n) is 1.93. The van der Waals surface area contributed by atoms with E-state index in [0.29, 0.717) is 0 Å². The zero-order valence-corrected chi connectivity index (χ0v) is 9.76. The number of piperazine rings is 1. The quantitative estimate of drug-likeness (QED) is 0.778. The van der Waals surface area contributed by atoms with Crippen LogP contribution in [0.4, 0.5) is 18.0 Å². The van der Waals surface area contributed by atoms with Crippen molar-refractivity contribution in [2.75, 3.05) is 13.1 Å². The van der Waals surface area contributed by atoms with Gasteiger partial charge >= 0.3 is 12.2 Å². The highest BCUT2D eigenvalue weighted by Gasteiger charge is 2.45. The van der Waals surface area contributed by atoms with Gasteiger partial charge in [-0.15, -0.1) is 0 Å². The predicted molar refractivity (Wildman–Crippen MR) is 58.9 cm³/mol. The van der Waals surface area contributed by atoms with Crippen molar-refractivity contribution in [1.82, 2.24) is 20.2 Å². The number of nitrogens with one attached hydrogen (secondary N) is 1. The topological polar surface area (TPSA) is 84.1 Å². The minimum Gasteiger partial charge on any atom is -0.351 e. The largest absolute Gasteiger partial charge is 0.405 e. The summed E-state index contributed by atoms with van der Waals surface area (Å²) in [5, 5.41) is 2.34. The summed E-state index contributed by atoms with van der Waals surface area (Å²) in [7, 11) is 0. The number of nitrogens with zero attached hydrogens (tertiary/aromatic N) is 3. The highest BCUT2D eigenvalue weighted by molar-refractivity contribution is 5.72. The molecule has 2 heterocycles. The van der Waals surface area contributed by atoms with E-state index in [1.807, 2.05) is 0 Å². The van der Waals surface area contributed by atoms with Gasteiger partial charge in [0, 0.05) is 25.5 Å². The Balaban J connectivity index is 2.21. The summed E-state index contributed by atoms with van der Waals surface area (Å²) >= 11 is 0. The molecule has 2 atom stereocenters. The summed E-state index contributed by atoms with van der Waals surface area (Å²) in [5.41, 5.74) is 5.14. The zero-order valence-electron chi connectivity index (χ0n) is 9.76. The highest BCUT2D eigenvalue weighted by atomic mass is 19.4. The first-order chi connectivity index (χ1) is 8.89. The molecule has 1 aromatic rings. The number of halogens is 3. The van der Waals surface area contributed by atoms with Crippen molar-refractivity contribution in [1.29, 1.82) is 0 Å². The van der Waals surface area contributed by atoms with E-state index in [9.17, 15) is 18.0 Å². The van der Waals surface area contributed by atoms with Crippen molar-refractivity contribution in [3.63, 3.8) is 0 Å². The molecule has 6 nitrogen and oxygen atoms in total. The lowest BCUT2D eigenvalue weighted by atomic mass is 10.1. The molecule has 2 unspecified atom stereocenters. The third-order valence-corrected chi connectivity index (χ3v) is 2.88. The number of hydrogen-bond acceptors (Lipinski definition) is 4. The second kappa shape index (κ2) is 5.00. The smallest absolute Gasteiger partial charge is 0.351 e. The average molecular weight is 275 g/mol. The highest BCUT2D eigenvalue weighted by Crippen LogP contribution is 2.28. The van der Waals surface area contributed by atoms with Crippen molar-refractivity contribution >= 4 is 6.03 Å². The standard InChI is InChI=1S/C10H12F3N5O/c11-10(12,13)7-5-18(9(14)19)6(4-17-7)8-15-2-1-3-16-8/h1-3,6-7,17H,4-5H2,(H2,14,19). The number of aromatic nitrogens is 2. The maximum absolute atomic E-state index is 12.6. The first-order valence-corrected chi connectivity index (χ1v) is 5.52. The van der Waals surface area contributed by atoms with E-state index in [0.717, 1.165) is 4.90 Å². The van der Waals surface area contributed by atoms with Gasteiger partial charge in [0.1, 0.15) is 12.1 Å². The number of nitrogens with two attached hydrogens (primary N) is 1. The first kappa shape index (κ1) is 13.5. The van der Waals surface area contributed by atoms with Crippen LogP contribution in [0, 0.1) is 0 Å². The van der Waals surface area contributed by atoms with Crippen LogP contribution in [0.1, 0.15) is 11.9 Å². The van der Waals surface area contributed by atoms with Gasteiger partial charge < -0.3 is 16.0 Å². The van der Waals surface area contributed by atoms with Crippen LogP contribution in [0.2, 0.25) is 0 Å². The van der Waals surface area contributed by atoms with Crippen molar-refractivity contribution in [3.05, 3.63) is 24.3 Å². The van der Waals surface area contributed by atoms with Crippen LogP contribution in [0.3, 0.4) is 0 Å². The molecular weight excluding hydrogens is 263 g/mol. The van der Waals surface area contributed by atoms with Gasteiger partial charge in [-0.1, -0.05) is 0 Å². The van der Waals surface area contributed by atoms with Gasteiger partial charge in [0.2, 0.25) is 0 Å². The summed E-state index contributed by atoms with van der Waals surface area (Å²) in [6, 6.07) is -1.84. The van der Waals surface area contributed by atoms with E-state index in [2.05, 4.69) is 15.3 Å². The summed E-state index contributed by atoms with van der Waals surface area (Å²) < 4.78 is 37.9. The molecule has 0 saturated carbocycles. The molecule has 9 heteroatoms. The normalized spacial score (nSPS) is 24.3. The lowest BCUT2D eigenvalue weighted by molar-refractivity contribution is -0.165. The molecule has 1 aliphatic heterocycles. The number of rotatable bonds is 1. The van der Waals surface area contributed by atoms with Crippen LogP contribution in [-0.4, -0.2) is 46.2 Å². The number of amides is 2. The minimum absolute atomic E-state index is 0.100. The van der Waals surface area contributed by atoms with Crippen LogP contribution in [0.25, 0.3) is 0 Å². The third kappa shape index (κ3) is 2.92. The molecule has 0 aliphatic carbocycles. The van der Waals surface area contributed by atoms with Gasteiger partial charge in [0.25, 0.3) is 0 Å². The Morgan fingerprint density at radius 2 is 2.05 bits per heavy atom. The Labute approximate surface area is 106 Å². The van der Waals surface area contributed by atoms with Crippen LogP contribution >= 0.6 is 0 Å². The Hall–Kier alpha value is -1.90. The van der Waals surface area contributed by atoms with Crippen LogP contribution in [0.5, 0.6) is 0 Å². The number of carbonyl (C=O) groups excluding carboxylic acids is 1. The maximum atomic E-state index is 12.6. The summed E-state index contributed by atoms with van der Waals surface area (Å²) in [5.74, 6) is 0.259. The molecule has 1 aromatic heterocycles. The van der Waals surface area contributed by atoms with Gasteiger partial charge in [-0.05, 0) is 6.07 Å². The average Bonchev–Trinajstić information content (AvgIpc) is 2.38. The lowest BCUT2D eigenvalue weighted by Crippen LogP contribution is -2.60. The van der Waals surface area contributed by atoms with Crippen LogP contribution in [-0.2, 0) is 0 Å². The Morgan fingerprint density at radius 3 is 2.58 bits per heavy atom. The van der Waals surface area contributed by atoms with E-state index in [1.54, 1.807) is 6.07 Å². The van der Waals surface area contributed by atoms with E-state index in [-0.39, 0.29) is 12.4 Å². The zero-order chi connectivity index (χ0) is 14.0. The lowest BCUT2D eigenvalue weighted by Gasteiger charge is -2.39. The SMILES string of the molecule is NC(=O)N1CC(C(F)(F)F)NCC1c1ncccn1. The fraction of sp³-hybridized carbons (Fsp3) is 0.500. The van der Waals surface area contributed by atoms with Crippen molar-refractivity contribution in [2.24, 2.45) is 5.73 Å².